The van der Waals surface area contributed by atoms with Gasteiger partial charge in [0, 0.05) is 130 Å². The van der Waals surface area contributed by atoms with Crippen molar-refractivity contribution in [2.24, 2.45) is 23.7 Å². The summed E-state index contributed by atoms with van der Waals surface area (Å²) >= 11 is 0. The number of carbonyl (C=O) groups is 4. The number of aromatic amines is 4. The largest absolute Gasteiger partial charge is 0.466 e. The fraction of sp³-hybridized carbons (Fsp3) is 0.765. The number of H-pyrrole nitrogens is 4. The predicted molar refractivity (Wildman–Crippen MR) is 599 cm³/mol. The summed E-state index contributed by atoms with van der Waals surface area (Å²) in [7, 11) is 0. The van der Waals surface area contributed by atoms with E-state index in [2.05, 4.69) is 59.8 Å². The van der Waals surface area contributed by atoms with Crippen molar-refractivity contribution in [3.05, 3.63) is 66.7 Å². The zero-order chi connectivity index (χ0) is 115. The minimum absolute atomic E-state index is 0.00736. The number of nitrogens with two attached hydrogens (primary N) is 4. The molecule has 0 aliphatic carbocycles. The number of aliphatic hydroxyl groups excluding tert-OH is 2. The molecule has 14 N–H and O–H groups in total. The highest BCUT2D eigenvalue weighted by atomic mass is 16.7. The number of nitrogens with one attached hydrogen (secondary N) is 4. The van der Waals surface area contributed by atoms with Gasteiger partial charge in [0.05, 0.1) is 45.1 Å². The van der Waals surface area contributed by atoms with Crippen molar-refractivity contribution < 1.29 is 62.5 Å². The first-order valence-corrected chi connectivity index (χ1v) is 52.9. The molecule has 8 heterocycles. The van der Waals surface area contributed by atoms with Crippen molar-refractivity contribution in [3.63, 3.8) is 0 Å². The van der Waals surface area contributed by atoms with E-state index < -0.39 is 28.9 Å². The summed E-state index contributed by atoms with van der Waals surface area (Å²) in [6.07, 6.45) is 7.61. The van der Waals surface area contributed by atoms with E-state index in [4.69, 9.17) is 61.2 Å². The van der Waals surface area contributed by atoms with Gasteiger partial charge in [-0.2, -0.15) is 19.9 Å². The summed E-state index contributed by atoms with van der Waals surface area (Å²) in [4.78, 5) is 133. The highest BCUT2D eigenvalue weighted by Gasteiger charge is 2.24. The van der Waals surface area contributed by atoms with Crippen LogP contribution in [0.25, 0.3) is 44.7 Å². The lowest BCUT2D eigenvalue weighted by Gasteiger charge is -2.23. The number of carbonyl (C=O) groups excluding carboxylic acids is 4. The van der Waals surface area contributed by atoms with Crippen LogP contribution in [0.1, 0.15) is 406 Å². The lowest BCUT2D eigenvalue weighted by atomic mass is 10.1. The van der Waals surface area contributed by atoms with E-state index in [1.165, 1.54) is 46.1 Å². The minimum atomic E-state index is -0.428. The molecule has 37 heteroatoms. The van der Waals surface area contributed by atoms with Crippen molar-refractivity contribution >= 4 is 92.6 Å². The number of esters is 3. The number of hydrogen-bond acceptors (Lipinski definition) is 29. The van der Waals surface area contributed by atoms with Gasteiger partial charge in [-0.25, -0.2) is 19.9 Å². The summed E-state index contributed by atoms with van der Waals surface area (Å²) in [5, 5.41) is 18.7. The number of ether oxygens (including phenoxy) is 7. The molecule has 0 amide bonds. The molecule has 8 aromatic rings. The summed E-state index contributed by atoms with van der Waals surface area (Å²) in [5.74, 6) is -1.71. The fourth-order valence-corrected chi connectivity index (χ4v) is 9.04. The van der Waals surface area contributed by atoms with Crippen LogP contribution in [0, 0.1) is 23.7 Å². The number of hydrogen-bond donors (Lipinski definition) is 10. The molecule has 0 aromatic carbocycles. The topological polar surface area (TPSA) is 532 Å². The average Bonchev–Trinajstić information content (AvgIpc) is 1.68. The molecule has 8 rings (SSSR count). The maximum absolute atomic E-state index is 11.9. The number of nitrogens with zero attached hydrogens (tertiary/aromatic N) is 12. The Morgan fingerprint density at radius 2 is 0.511 bits per heavy atom. The van der Waals surface area contributed by atoms with Crippen LogP contribution in [0.4, 0.5) is 23.8 Å². The monoisotopic (exact) mass is 2000 g/mol. The summed E-state index contributed by atoms with van der Waals surface area (Å²) in [6, 6.07) is 0. The van der Waals surface area contributed by atoms with Crippen molar-refractivity contribution in [2.75, 3.05) is 82.4 Å². The number of rotatable bonds is 31. The third-order valence-corrected chi connectivity index (χ3v) is 13.0. The number of nitrogen functional groups attached to an aromatic ring is 4. The standard InChI is InChI=1S/C16H25N5O5.C14H23N5O4.C12H17N5O4.C12H15N5O4.24C2H6/c1-4-24-12(25-5-2)6-11(8-26-10(3)22)7-21-9-18-13-14(21)19-16(17)20-15(13)23;1-3-22-10(23-4-2)5-9(7-20)6-19-8-16-11-12(19)17-14(15)18-13(11)21;2*1-7(19)21-5-8(2-3-18)4-17-6-14-9-10(17)15-12(13)16-11(9)20;24*1-2/h9,11-12H,4-8H2,1-3H3,(H3,17,19,20,23);8-10,20H,3-7H2,1-2H3,(H3,15,17,18,21);6,8,18H,2-5H2,1H3,(H3,13,15,16,20);3,6,8H,2,4-5H2,1H3,(H3,13,15,16,20);24*1-2H3/t11-;9-;2*8-;;;;;;;;;;;;;;;;;;;;;;;;/m1111......................../s1. The molecule has 0 fully saturated rings. The molecule has 37 nitrogen and oxygen atoms in total. The molecule has 8 aromatic heterocycles. The first-order valence-electron chi connectivity index (χ1n) is 52.9. The molecule has 0 bridgehead atoms. The third-order valence-electron chi connectivity index (χ3n) is 13.0. The first kappa shape index (κ1) is 178. The Morgan fingerprint density at radius 3 is 0.705 bits per heavy atom. The molecule has 0 saturated carbocycles. The van der Waals surface area contributed by atoms with Crippen LogP contribution in [0.3, 0.4) is 0 Å². The molecule has 0 radical (unpaired) electrons. The van der Waals surface area contributed by atoms with Gasteiger partial charge in [-0.05, 0) is 34.1 Å². The van der Waals surface area contributed by atoms with E-state index in [-0.39, 0.29) is 133 Å². The normalized spacial score (nSPS) is 9.29. The van der Waals surface area contributed by atoms with Crippen LogP contribution in [-0.2, 0) is 78.5 Å². The Kier molecular flexibility index (Phi) is 191. The Morgan fingerprint density at radius 1 is 0.324 bits per heavy atom. The lowest BCUT2D eigenvalue weighted by molar-refractivity contribution is -0.156. The predicted octanol–water partition coefficient (Wildman–Crippen LogP) is 24.1. The number of aldehydes is 1. The molecule has 139 heavy (non-hydrogen) atoms. The summed E-state index contributed by atoms with van der Waals surface area (Å²) < 4.78 is 43.9. The minimum Gasteiger partial charge on any atom is -0.466 e. The number of imidazole rings is 4. The van der Waals surface area contributed by atoms with Gasteiger partial charge in [-0.15, -0.1) is 0 Å². The zero-order valence-electron chi connectivity index (χ0n) is 99.6. The second-order valence-corrected chi connectivity index (χ2v) is 20.2. The van der Waals surface area contributed by atoms with Crippen molar-refractivity contribution in [1.82, 2.24) is 78.1 Å². The Bertz CT molecular complexity index is 3890. The first-order chi connectivity index (χ1) is 67.5. The number of anilines is 4. The van der Waals surface area contributed by atoms with Gasteiger partial charge >= 0.3 is 17.9 Å². The zero-order valence-corrected chi connectivity index (χ0v) is 99.6. The summed E-state index contributed by atoms with van der Waals surface area (Å²) in [5.41, 5.74) is 22.9. The van der Waals surface area contributed by atoms with Gasteiger partial charge in [-0.1, -0.05) is 332 Å². The van der Waals surface area contributed by atoms with Crippen LogP contribution in [0.5, 0.6) is 0 Å². The third kappa shape index (κ3) is 91.9. The fourth-order valence-electron chi connectivity index (χ4n) is 9.04. The molecular formula is C102H224N20O17. The van der Waals surface area contributed by atoms with Crippen LogP contribution in [0.15, 0.2) is 44.5 Å². The molecule has 0 aliphatic rings. The van der Waals surface area contributed by atoms with E-state index in [9.17, 15) is 43.5 Å². The van der Waals surface area contributed by atoms with E-state index in [1.807, 2.05) is 360 Å². The van der Waals surface area contributed by atoms with Crippen molar-refractivity contribution in [1.29, 1.82) is 0 Å². The van der Waals surface area contributed by atoms with Crippen molar-refractivity contribution in [3.8, 4) is 0 Å². The number of aliphatic hydroxyl groups is 2. The smallest absolute Gasteiger partial charge is 0.302 e. The molecular weight excluding hydrogens is 1780 g/mol. The highest BCUT2D eigenvalue weighted by molar-refractivity contribution is 5.73. The van der Waals surface area contributed by atoms with Gasteiger partial charge in [0.15, 0.2) is 57.2 Å². The average molecular weight is 2000 g/mol. The Hall–Kier alpha value is -9.56. The number of aromatic nitrogens is 16. The molecule has 0 aliphatic heterocycles. The highest BCUT2D eigenvalue weighted by Crippen LogP contribution is 2.20. The van der Waals surface area contributed by atoms with Crippen LogP contribution in [0.2, 0.25) is 0 Å². The van der Waals surface area contributed by atoms with Gasteiger partial charge in [0.1, 0.15) is 6.29 Å². The SMILES string of the molecule is CC.CC.CC.CC.CC.CC.CC.CC.CC.CC.CC.CC.CC.CC.CC.CC.CC.CC.CC.CC.CC.CC.CC.CC.CC(=O)OC[C@H](CC=O)Cn1cnc2c(=O)[nH]c(N)nc21.CC(=O)OC[C@H](CCO)Cn1cnc2c(=O)[nH]c(N)nc21.CCOC(C[C@@H](CO)Cn1cnc2c(=O)[nH]c(N)nc21)OCC.CCOC(C[C@@H](COC(C)=O)Cn1cnc2c(=O)[nH]c(N)nc21)OCC. The van der Waals surface area contributed by atoms with Crippen LogP contribution >= 0.6 is 0 Å². The molecule has 0 unspecified atom stereocenters. The number of fused-ring (bicyclic) bond motifs is 4. The van der Waals surface area contributed by atoms with E-state index in [0.29, 0.717) is 94.5 Å². The van der Waals surface area contributed by atoms with E-state index in [0.717, 1.165) is 6.29 Å². The van der Waals surface area contributed by atoms with Crippen LogP contribution < -0.4 is 45.2 Å². The maximum atomic E-state index is 11.9. The van der Waals surface area contributed by atoms with Gasteiger partial charge in [0.2, 0.25) is 23.8 Å². The molecule has 834 valence electrons. The molecule has 4 atom stereocenters. The van der Waals surface area contributed by atoms with Crippen molar-refractivity contribution in [2.45, 2.75) is 445 Å². The summed E-state index contributed by atoms with van der Waals surface area (Å²) in [6.45, 7) is 112. The quantitative estimate of drug-likeness (QED) is 0.00835. The van der Waals surface area contributed by atoms with E-state index in [1.54, 1.807) is 18.3 Å². The van der Waals surface area contributed by atoms with Gasteiger partial charge in [-0.3, -0.25) is 53.5 Å². The van der Waals surface area contributed by atoms with Crippen LogP contribution in [-0.4, -0.2) is 185 Å². The lowest BCUT2D eigenvalue weighted by Crippen LogP contribution is -2.27. The Labute approximate surface area is 847 Å². The van der Waals surface area contributed by atoms with Gasteiger partial charge < -0.3 is 89.4 Å². The molecule has 0 spiro atoms. The van der Waals surface area contributed by atoms with Gasteiger partial charge in [0.25, 0.3) is 22.2 Å². The second-order valence-electron chi connectivity index (χ2n) is 20.2. The molecule has 0 saturated heterocycles. The van der Waals surface area contributed by atoms with E-state index >= 15 is 0 Å². The maximum Gasteiger partial charge on any atom is 0.302 e. The Balaban J connectivity index is -0.0000000657. The second kappa shape index (κ2) is 149.